The number of hydrogen-bond donors (Lipinski definition) is 0. The van der Waals surface area contributed by atoms with Crippen molar-refractivity contribution in [1.82, 2.24) is 9.80 Å². The summed E-state index contributed by atoms with van der Waals surface area (Å²) in [6.45, 7) is 11.7. The van der Waals surface area contributed by atoms with E-state index in [1.807, 2.05) is 44.4 Å². The van der Waals surface area contributed by atoms with Crippen LogP contribution in [0.4, 0.5) is 0 Å². The van der Waals surface area contributed by atoms with Gasteiger partial charge in [0.2, 0.25) is 5.91 Å². The van der Waals surface area contributed by atoms with E-state index in [9.17, 15) is 9.59 Å². The third-order valence-electron chi connectivity index (χ3n) is 3.07. The van der Waals surface area contributed by atoms with Crippen LogP contribution in [0.2, 0.25) is 0 Å². The van der Waals surface area contributed by atoms with Crippen LogP contribution in [0.1, 0.15) is 41.0 Å². The Bertz CT molecular complexity index is 282. The number of nitrogens with zero attached hydrogens (tertiary/aromatic N) is 2. The van der Waals surface area contributed by atoms with E-state index in [2.05, 4.69) is 4.74 Å². The monoisotopic (exact) mass is 272 g/mol. The normalized spacial score (nSPS) is 11.2. The Morgan fingerprint density at radius 3 is 2.00 bits per heavy atom. The molecule has 0 N–H and O–H groups in total. The van der Waals surface area contributed by atoms with Gasteiger partial charge >= 0.3 is 5.97 Å². The van der Waals surface area contributed by atoms with E-state index in [4.69, 9.17) is 0 Å². The highest BCUT2D eigenvalue weighted by molar-refractivity contribution is 5.79. The number of methoxy groups -OCH3 is 1. The molecule has 0 aliphatic heterocycles. The molecule has 0 fully saturated rings. The van der Waals surface area contributed by atoms with E-state index in [-0.39, 0.29) is 24.0 Å². The topological polar surface area (TPSA) is 49.9 Å². The van der Waals surface area contributed by atoms with Gasteiger partial charge in [0.1, 0.15) is 0 Å². The molecule has 1 amide bonds. The molecule has 0 rings (SSSR count). The Kier molecular flexibility index (Phi) is 8.39. The summed E-state index contributed by atoms with van der Waals surface area (Å²) in [5, 5.41) is 0. The molecule has 0 aromatic heterocycles. The third kappa shape index (κ3) is 6.57. The van der Waals surface area contributed by atoms with E-state index in [1.165, 1.54) is 7.11 Å². The fraction of sp³-hybridized carbons (Fsp3) is 0.857. The fourth-order valence-corrected chi connectivity index (χ4v) is 2.15. The molecule has 0 heterocycles. The molecule has 0 bridgehead atoms. The van der Waals surface area contributed by atoms with Gasteiger partial charge in [0, 0.05) is 18.6 Å². The van der Waals surface area contributed by atoms with Crippen LogP contribution < -0.4 is 0 Å². The number of carbonyl (C=O) groups excluding carboxylic acids is 2. The maximum Gasteiger partial charge on any atom is 0.306 e. The molecule has 5 nitrogen and oxygen atoms in total. The van der Waals surface area contributed by atoms with Gasteiger partial charge < -0.3 is 9.64 Å². The number of ether oxygens (including phenoxy) is 1. The van der Waals surface area contributed by atoms with Crippen LogP contribution in [-0.2, 0) is 14.3 Å². The Balaban J connectivity index is 4.43. The molecule has 0 unspecified atom stereocenters. The van der Waals surface area contributed by atoms with Gasteiger partial charge in [0.05, 0.1) is 20.1 Å². The van der Waals surface area contributed by atoms with Crippen molar-refractivity contribution in [2.24, 2.45) is 0 Å². The first kappa shape index (κ1) is 17.9. The zero-order chi connectivity index (χ0) is 15.0. The van der Waals surface area contributed by atoms with Crippen LogP contribution in [0.25, 0.3) is 0 Å². The molecule has 0 atom stereocenters. The van der Waals surface area contributed by atoms with Gasteiger partial charge in [-0.1, -0.05) is 6.92 Å². The highest BCUT2D eigenvalue weighted by Crippen LogP contribution is 2.07. The van der Waals surface area contributed by atoms with Crippen molar-refractivity contribution in [2.75, 3.05) is 26.7 Å². The number of carbonyl (C=O) groups is 2. The van der Waals surface area contributed by atoms with E-state index in [0.717, 1.165) is 6.54 Å². The van der Waals surface area contributed by atoms with Gasteiger partial charge in [-0.3, -0.25) is 14.5 Å². The lowest BCUT2D eigenvalue weighted by Gasteiger charge is -2.33. The van der Waals surface area contributed by atoms with E-state index < -0.39 is 0 Å². The van der Waals surface area contributed by atoms with Crippen LogP contribution in [-0.4, -0.2) is 60.5 Å². The van der Waals surface area contributed by atoms with Crippen molar-refractivity contribution in [1.29, 1.82) is 0 Å². The third-order valence-corrected chi connectivity index (χ3v) is 3.07. The summed E-state index contributed by atoms with van der Waals surface area (Å²) in [5.41, 5.74) is 0. The zero-order valence-corrected chi connectivity index (χ0v) is 13.1. The predicted octanol–water partition coefficient (Wildman–Crippen LogP) is 1.52. The first-order valence-corrected chi connectivity index (χ1v) is 6.93. The SMILES string of the molecule is CCN(CCC(=O)OC)CC(=O)N(C(C)C)C(C)C. The maximum absolute atomic E-state index is 12.3. The molecule has 0 aromatic rings. The van der Waals surface area contributed by atoms with Crippen LogP contribution in [0.15, 0.2) is 0 Å². The van der Waals surface area contributed by atoms with Gasteiger partial charge in [0.15, 0.2) is 0 Å². The molecule has 0 spiro atoms. The molecule has 0 saturated carbocycles. The van der Waals surface area contributed by atoms with Crippen LogP contribution in [0, 0.1) is 0 Å². The Morgan fingerprint density at radius 2 is 1.63 bits per heavy atom. The van der Waals surface area contributed by atoms with E-state index in [1.54, 1.807) is 0 Å². The van der Waals surface area contributed by atoms with Crippen molar-refractivity contribution in [2.45, 2.75) is 53.1 Å². The van der Waals surface area contributed by atoms with Gasteiger partial charge in [-0.2, -0.15) is 0 Å². The second-order valence-corrected chi connectivity index (χ2v) is 5.18. The minimum absolute atomic E-state index is 0.108. The van der Waals surface area contributed by atoms with Crippen molar-refractivity contribution in [3.05, 3.63) is 0 Å². The fourth-order valence-electron chi connectivity index (χ4n) is 2.15. The lowest BCUT2D eigenvalue weighted by molar-refractivity contribution is -0.142. The van der Waals surface area contributed by atoms with Gasteiger partial charge in [-0.25, -0.2) is 0 Å². The smallest absolute Gasteiger partial charge is 0.306 e. The molecule has 112 valence electrons. The van der Waals surface area contributed by atoms with Gasteiger partial charge in [-0.05, 0) is 34.2 Å². The minimum atomic E-state index is -0.240. The quantitative estimate of drug-likeness (QED) is 0.629. The summed E-state index contributed by atoms with van der Waals surface area (Å²) in [5.74, 6) is -0.132. The van der Waals surface area contributed by atoms with Crippen LogP contribution >= 0.6 is 0 Å². The van der Waals surface area contributed by atoms with Crippen molar-refractivity contribution < 1.29 is 14.3 Å². The summed E-state index contributed by atoms with van der Waals surface area (Å²) in [7, 11) is 1.38. The highest BCUT2D eigenvalue weighted by atomic mass is 16.5. The molecule has 19 heavy (non-hydrogen) atoms. The van der Waals surface area contributed by atoms with E-state index >= 15 is 0 Å². The molecule has 0 aliphatic rings. The summed E-state index contributed by atoms with van der Waals surface area (Å²) < 4.78 is 4.61. The predicted molar refractivity (Wildman–Crippen MR) is 75.9 cm³/mol. The molecule has 5 heteroatoms. The van der Waals surface area contributed by atoms with E-state index in [0.29, 0.717) is 19.5 Å². The minimum Gasteiger partial charge on any atom is -0.469 e. The summed E-state index contributed by atoms with van der Waals surface area (Å²) >= 11 is 0. The summed E-state index contributed by atoms with van der Waals surface area (Å²) in [6, 6.07) is 0.374. The number of esters is 1. The number of rotatable bonds is 8. The highest BCUT2D eigenvalue weighted by Gasteiger charge is 2.21. The first-order valence-electron chi connectivity index (χ1n) is 6.93. The lowest BCUT2D eigenvalue weighted by atomic mass is 10.2. The Labute approximate surface area is 116 Å². The Hall–Kier alpha value is -1.10. The largest absolute Gasteiger partial charge is 0.469 e. The number of hydrogen-bond acceptors (Lipinski definition) is 4. The second-order valence-electron chi connectivity index (χ2n) is 5.18. The molecule has 0 radical (unpaired) electrons. The van der Waals surface area contributed by atoms with Crippen molar-refractivity contribution >= 4 is 11.9 Å². The summed E-state index contributed by atoms with van der Waals surface area (Å²) in [6.07, 6.45) is 0.320. The number of likely N-dealkylation sites (N-methyl/N-ethyl adjacent to an activating group) is 1. The zero-order valence-electron chi connectivity index (χ0n) is 13.1. The molecule has 0 aliphatic carbocycles. The van der Waals surface area contributed by atoms with Gasteiger partial charge in [-0.15, -0.1) is 0 Å². The summed E-state index contributed by atoms with van der Waals surface area (Å²) in [4.78, 5) is 27.2. The second kappa shape index (κ2) is 8.91. The molecule has 0 aromatic carbocycles. The average molecular weight is 272 g/mol. The molecular formula is C14H28N2O3. The maximum atomic E-state index is 12.3. The average Bonchev–Trinajstić information content (AvgIpc) is 2.32. The van der Waals surface area contributed by atoms with Crippen LogP contribution in [0.3, 0.4) is 0 Å². The first-order chi connectivity index (χ1) is 8.83. The number of amides is 1. The lowest BCUT2D eigenvalue weighted by Crippen LogP contribution is -2.47. The van der Waals surface area contributed by atoms with Crippen molar-refractivity contribution in [3.8, 4) is 0 Å². The molecule has 0 saturated heterocycles. The Morgan fingerprint density at radius 1 is 1.11 bits per heavy atom. The standard InChI is InChI=1S/C14H28N2O3/c1-7-15(9-8-14(18)19-6)10-13(17)16(11(2)3)12(4)5/h11-12H,7-10H2,1-6H3. The molecular weight excluding hydrogens is 244 g/mol. The van der Waals surface area contributed by atoms with Crippen molar-refractivity contribution in [3.63, 3.8) is 0 Å². The van der Waals surface area contributed by atoms with Gasteiger partial charge in [0.25, 0.3) is 0 Å². The van der Waals surface area contributed by atoms with Crippen LogP contribution in [0.5, 0.6) is 0 Å².